The van der Waals surface area contributed by atoms with Gasteiger partial charge in [-0.3, -0.25) is 9.59 Å². The first-order chi connectivity index (χ1) is 9.82. The van der Waals surface area contributed by atoms with Gasteiger partial charge in [0, 0.05) is 24.7 Å². The SMILES string of the molecule is CCC[C@@]1(C)C(=O)C[C@H](C)C2C3CC(=O)C[C@@]3(C)CCC21. The zero-order valence-electron chi connectivity index (χ0n) is 14.1. The van der Waals surface area contributed by atoms with Gasteiger partial charge in [0.25, 0.3) is 0 Å². The molecule has 3 aliphatic carbocycles. The molecule has 118 valence electrons. The van der Waals surface area contributed by atoms with Crippen LogP contribution in [0.3, 0.4) is 0 Å². The molecule has 3 fully saturated rings. The van der Waals surface area contributed by atoms with Crippen LogP contribution in [0.15, 0.2) is 0 Å². The topological polar surface area (TPSA) is 34.1 Å². The summed E-state index contributed by atoms with van der Waals surface area (Å²) in [5.41, 5.74) is 0.0961. The van der Waals surface area contributed by atoms with E-state index in [1.165, 1.54) is 0 Å². The number of hydrogen-bond acceptors (Lipinski definition) is 2. The second-order valence-corrected chi connectivity index (χ2v) is 8.67. The Morgan fingerprint density at radius 1 is 1.14 bits per heavy atom. The van der Waals surface area contributed by atoms with Crippen molar-refractivity contribution < 1.29 is 9.59 Å². The molecule has 0 radical (unpaired) electrons. The van der Waals surface area contributed by atoms with Crippen molar-refractivity contribution in [3.63, 3.8) is 0 Å². The van der Waals surface area contributed by atoms with Crippen LogP contribution >= 0.6 is 0 Å². The van der Waals surface area contributed by atoms with Crippen LogP contribution in [0.2, 0.25) is 0 Å². The van der Waals surface area contributed by atoms with E-state index in [0.29, 0.717) is 35.2 Å². The summed E-state index contributed by atoms with van der Waals surface area (Å²) in [4.78, 5) is 24.8. The molecule has 0 amide bonds. The summed E-state index contributed by atoms with van der Waals surface area (Å²) in [5, 5.41) is 0. The number of Topliss-reactive ketones (excluding diaryl/α,β-unsaturated/α-hetero) is 2. The van der Waals surface area contributed by atoms with E-state index >= 15 is 0 Å². The Balaban J connectivity index is 1.97. The Kier molecular flexibility index (Phi) is 3.58. The van der Waals surface area contributed by atoms with Gasteiger partial charge in [0.1, 0.15) is 11.6 Å². The molecule has 0 heterocycles. The molecular formula is C19H30O2. The van der Waals surface area contributed by atoms with Crippen molar-refractivity contribution in [3.8, 4) is 0 Å². The Labute approximate surface area is 129 Å². The van der Waals surface area contributed by atoms with Gasteiger partial charge in [0.15, 0.2) is 0 Å². The quantitative estimate of drug-likeness (QED) is 0.754. The molecule has 21 heavy (non-hydrogen) atoms. The zero-order valence-corrected chi connectivity index (χ0v) is 14.1. The largest absolute Gasteiger partial charge is 0.300 e. The lowest BCUT2D eigenvalue weighted by atomic mass is 9.47. The fraction of sp³-hybridized carbons (Fsp3) is 0.895. The number of hydrogen-bond donors (Lipinski definition) is 0. The molecule has 0 saturated heterocycles. The lowest BCUT2D eigenvalue weighted by Gasteiger charge is -2.56. The molecule has 6 atom stereocenters. The summed E-state index contributed by atoms with van der Waals surface area (Å²) in [5.74, 6) is 3.04. The molecule has 0 N–H and O–H groups in total. The first-order valence-corrected chi connectivity index (χ1v) is 8.87. The molecule has 0 aromatic rings. The minimum atomic E-state index is -0.126. The minimum Gasteiger partial charge on any atom is -0.300 e. The maximum Gasteiger partial charge on any atom is 0.139 e. The van der Waals surface area contributed by atoms with Gasteiger partial charge in [-0.15, -0.1) is 0 Å². The highest BCUT2D eigenvalue weighted by Gasteiger charge is 2.59. The third kappa shape index (κ3) is 2.12. The smallest absolute Gasteiger partial charge is 0.139 e. The van der Waals surface area contributed by atoms with Crippen molar-refractivity contribution in [1.82, 2.24) is 0 Å². The monoisotopic (exact) mass is 290 g/mol. The number of ketones is 2. The standard InChI is InChI=1S/C19H30O2/c1-5-7-19(4)14-6-8-18(3)11-13(20)10-15(18)17(14)12(2)9-16(19)21/h12,14-15,17H,5-11H2,1-4H3/t12-,14?,15?,17?,18+,19+/m0/s1. The molecule has 0 aromatic carbocycles. The van der Waals surface area contributed by atoms with Crippen molar-refractivity contribution >= 4 is 11.6 Å². The van der Waals surface area contributed by atoms with Crippen LogP contribution in [-0.4, -0.2) is 11.6 Å². The van der Waals surface area contributed by atoms with Crippen LogP contribution in [0, 0.1) is 34.5 Å². The van der Waals surface area contributed by atoms with Crippen molar-refractivity contribution in [1.29, 1.82) is 0 Å². The molecule has 3 unspecified atom stereocenters. The highest BCUT2D eigenvalue weighted by atomic mass is 16.1. The normalized spacial score (nSPS) is 49.9. The summed E-state index contributed by atoms with van der Waals surface area (Å²) in [7, 11) is 0. The predicted molar refractivity (Wildman–Crippen MR) is 83.9 cm³/mol. The van der Waals surface area contributed by atoms with E-state index in [9.17, 15) is 9.59 Å². The average Bonchev–Trinajstić information content (AvgIpc) is 2.70. The number of carbonyl (C=O) groups excluding carboxylic acids is 2. The second kappa shape index (κ2) is 4.93. The zero-order chi connectivity index (χ0) is 15.4. The summed E-state index contributed by atoms with van der Waals surface area (Å²) in [6.45, 7) is 9.01. The van der Waals surface area contributed by atoms with E-state index in [0.717, 1.165) is 44.9 Å². The van der Waals surface area contributed by atoms with E-state index < -0.39 is 0 Å². The maximum atomic E-state index is 12.7. The first kappa shape index (κ1) is 15.2. The molecular weight excluding hydrogens is 260 g/mol. The van der Waals surface area contributed by atoms with Crippen LogP contribution in [0.25, 0.3) is 0 Å². The van der Waals surface area contributed by atoms with Crippen LogP contribution in [0.4, 0.5) is 0 Å². The fourth-order valence-electron chi connectivity index (χ4n) is 6.23. The van der Waals surface area contributed by atoms with Gasteiger partial charge in [-0.25, -0.2) is 0 Å². The highest BCUT2D eigenvalue weighted by molar-refractivity contribution is 5.86. The van der Waals surface area contributed by atoms with Gasteiger partial charge in [-0.05, 0) is 48.3 Å². The van der Waals surface area contributed by atoms with E-state index in [-0.39, 0.29) is 10.8 Å². The van der Waals surface area contributed by atoms with Gasteiger partial charge in [0.05, 0.1) is 0 Å². The third-order valence-corrected chi connectivity index (χ3v) is 7.29. The molecule has 2 heteroatoms. The molecule has 0 aliphatic heterocycles. The Bertz CT molecular complexity index is 468. The van der Waals surface area contributed by atoms with Crippen LogP contribution in [0.1, 0.15) is 72.6 Å². The van der Waals surface area contributed by atoms with E-state index in [2.05, 4.69) is 27.7 Å². The molecule has 2 nitrogen and oxygen atoms in total. The number of carbonyl (C=O) groups is 2. The van der Waals surface area contributed by atoms with Gasteiger partial charge >= 0.3 is 0 Å². The van der Waals surface area contributed by atoms with Crippen molar-refractivity contribution in [2.45, 2.75) is 72.6 Å². The van der Waals surface area contributed by atoms with Crippen molar-refractivity contribution in [3.05, 3.63) is 0 Å². The summed E-state index contributed by atoms with van der Waals surface area (Å²) < 4.78 is 0. The van der Waals surface area contributed by atoms with E-state index in [1.54, 1.807) is 0 Å². The Hall–Kier alpha value is -0.660. The maximum absolute atomic E-state index is 12.7. The number of rotatable bonds is 2. The molecule has 0 aromatic heterocycles. The Morgan fingerprint density at radius 2 is 1.86 bits per heavy atom. The average molecular weight is 290 g/mol. The van der Waals surface area contributed by atoms with Gasteiger partial charge in [0.2, 0.25) is 0 Å². The highest BCUT2D eigenvalue weighted by Crippen LogP contribution is 2.63. The first-order valence-electron chi connectivity index (χ1n) is 8.87. The van der Waals surface area contributed by atoms with Crippen molar-refractivity contribution in [2.75, 3.05) is 0 Å². The number of fused-ring (bicyclic) bond motifs is 3. The predicted octanol–water partition coefficient (Wildman–Crippen LogP) is 4.41. The van der Waals surface area contributed by atoms with Crippen LogP contribution in [0.5, 0.6) is 0 Å². The minimum absolute atomic E-state index is 0.126. The lowest BCUT2D eigenvalue weighted by molar-refractivity contribution is -0.150. The van der Waals surface area contributed by atoms with E-state index in [4.69, 9.17) is 0 Å². The Morgan fingerprint density at radius 3 is 2.52 bits per heavy atom. The van der Waals surface area contributed by atoms with Gasteiger partial charge in [-0.2, -0.15) is 0 Å². The molecule has 3 rings (SSSR count). The van der Waals surface area contributed by atoms with Gasteiger partial charge in [-0.1, -0.05) is 34.1 Å². The molecule has 3 aliphatic rings. The fourth-order valence-corrected chi connectivity index (χ4v) is 6.23. The van der Waals surface area contributed by atoms with Crippen LogP contribution in [-0.2, 0) is 9.59 Å². The molecule has 0 bridgehead atoms. The third-order valence-electron chi connectivity index (χ3n) is 7.29. The lowest BCUT2D eigenvalue weighted by Crippen LogP contribution is -2.54. The second-order valence-electron chi connectivity index (χ2n) is 8.67. The summed E-state index contributed by atoms with van der Waals surface area (Å²) in [6, 6.07) is 0. The van der Waals surface area contributed by atoms with Crippen molar-refractivity contribution in [2.24, 2.45) is 34.5 Å². The molecule has 3 saturated carbocycles. The molecule has 0 spiro atoms. The van der Waals surface area contributed by atoms with Crippen LogP contribution < -0.4 is 0 Å². The summed E-state index contributed by atoms with van der Waals surface area (Å²) in [6.07, 6.45) is 6.70. The van der Waals surface area contributed by atoms with E-state index in [1.807, 2.05) is 0 Å². The summed E-state index contributed by atoms with van der Waals surface area (Å²) >= 11 is 0. The van der Waals surface area contributed by atoms with Gasteiger partial charge < -0.3 is 0 Å².